The van der Waals surface area contributed by atoms with Crippen LogP contribution in [0.2, 0.25) is 0 Å². The Labute approximate surface area is 68.3 Å². The Kier molecular flexibility index (Phi) is 5.17. The maximum Gasteiger partial charge on any atom is 0.159 e. The SMILES string of the molecule is CCCCCS(=O)(=O)CS. The fraction of sp³-hybridized carbons (Fsp3) is 1.00. The van der Waals surface area contributed by atoms with E-state index in [4.69, 9.17) is 0 Å². The second-order valence-corrected chi connectivity index (χ2v) is 5.21. The van der Waals surface area contributed by atoms with Crippen LogP contribution in [0.15, 0.2) is 0 Å². The normalized spacial score (nSPS) is 11.8. The Bertz CT molecular complexity index is 161. The van der Waals surface area contributed by atoms with Crippen molar-refractivity contribution in [3.8, 4) is 0 Å². The average Bonchev–Trinajstić information content (AvgIpc) is 1.89. The largest absolute Gasteiger partial charge is 0.228 e. The van der Waals surface area contributed by atoms with E-state index in [0.29, 0.717) is 5.75 Å². The van der Waals surface area contributed by atoms with Crippen molar-refractivity contribution in [2.45, 2.75) is 26.2 Å². The molecule has 0 aromatic rings. The topological polar surface area (TPSA) is 34.1 Å². The highest BCUT2D eigenvalue weighted by Crippen LogP contribution is 2.00. The summed E-state index contributed by atoms with van der Waals surface area (Å²) in [6.07, 6.45) is 2.83. The Balaban J connectivity index is 3.49. The summed E-state index contributed by atoms with van der Waals surface area (Å²) in [6, 6.07) is 0. The van der Waals surface area contributed by atoms with Crippen molar-refractivity contribution in [3.05, 3.63) is 0 Å². The molecule has 0 spiro atoms. The smallest absolute Gasteiger partial charge is 0.159 e. The van der Waals surface area contributed by atoms with Crippen molar-refractivity contribution in [2.24, 2.45) is 0 Å². The van der Waals surface area contributed by atoms with Crippen LogP contribution in [-0.2, 0) is 9.84 Å². The molecule has 4 heteroatoms. The van der Waals surface area contributed by atoms with E-state index in [1.807, 2.05) is 6.92 Å². The van der Waals surface area contributed by atoms with Crippen LogP contribution in [0.1, 0.15) is 26.2 Å². The first-order chi connectivity index (χ1) is 4.62. The zero-order chi connectivity index (χ0) is 8.04. The van der Waals surface area contributed by atoms with Crippen LogP contribution in [0.3, 0.4) is 0 Å². The van der Waals surface area contributed by atoms with Gasteiger partial charge in [0.15, 0.2) is 9.84 Å². The lowest BCUT2D eigenvalue weighted by Crippen LogP contribution is -2.06. The monoisotopic (exact) mass is 182 g/mol. The minimum atomic E-state index is -2.83. The Hall–Kier alpha value is 0.300. The predicted octanol–water partition coefficient (Wildman–Crippen LogP) is 1.48. The zero-order valence-electron chi connectivity index (χ0n) is 6.21. The van der Waals surface area contributed by atoms with E-state index in [-0.39, 0.29) is 5.08 Å². The summed E-state index contributed by atoms with van der Waals surface area (Å²) in [5, 5.41) is -0.0171. The van der Waals surface area contributed by atoms with Gasteiger partial charge in [-0.1, -0.05) is 19.8 Å². The summed E-state index contributed by atoms with van der Waals surface area (Å²) in [4.78, 5) is 0. The van der Waals surface area contributed by atoms with Gasteiger partial charge in [0.2, 0.25) is 0 Å². The molecule has 0 fully saturated rings. The summed E-state index contributed by atoms with van der Waals surface area (Å²) in [5.74, 6) is 0.296. The molecular formula is C6H14O2S2. The molecule has 0 aromatic carbocycles. The molecule has 0 saturated heterocycles. The third kappa shape index (κ3) is 5.11. The molecular weight excluding hydrogens is 168 g/mol. The molecule has 10 heavy (non-hydrogen) atoms. The molecule has 0 aliphatic rings. The summed E-state index contributed by atoms with van der Waals surface area (Å²) >= 11 is 3.72. The third-order valence-corrected chi connectivity index (χ3v) is 3.74. The molecule has 0 radical (unpaired) electrons. The Morgan fingerprint density at radius 2 is 1.90 bits per heavy atom. The van der Waals surface area contributed by atoms with Crippen LogP contribution < -0.4 is 0 Å². The summed E-state index contributed by atoms with van der Waals surface area (Å²) < 4.78 is 21.6. The molecule has 62 valence electrons. The van der Waals surface area contributed by atoms with Crippen LogP contribution in [0.25, 0.3) is 0 Å². The first-order valence-corrected chi connectivity index (χ1v) is 5.89. The van der Waals surface area contributed by atoms with Crippen molar-refractivity contribution in [1.82, 2.24) is 0 Å². The molecule has 0 atom stereocenters. The fourth-order valence-corrected chi connectivity index (χ4v) is 1.80. The number of sulfone groups is 1. The van der Waals surface area contributed by atoms with Crippen molar-refractivity contribution < 1.29 is 8.42 Å². The molecule has 0 aromatic heterocycles. The standard InChI is InChI=1S/C6H14O2S2/c1-2-3-4-5-10(7,8)6-9/h9H,2-6H2,1H3. The van der Waals surface area contributed by atoms with Crippen molar-refractivity contribution in [1.29, 1.82) is 0 Å². The van der Waals surface area contributed by atoms with E-state index in [9.17, 15) is 8.42 Å². The molecule has 0 N–H and O–H groups in total. The number of hydrogen-bond donors (Lipinski definition) is 1. The van der Waals surface area contributed by atoms with Crippen molar-refractivity contribution in [3.63, 3.8) is 0 Å². The highest BCUT2D eigenvalue weighted by Gasteiger charge is 2.05. The van der Waals surface area contributed by atoms with Crippen molar-refractivity contribution >= 4 is 22.5 Å². The van der Waals surface area contributed by atoms with Crippen molar-refractivity contribution in [2.75, 3.05) is 10.8 Å². The molecule has 2 nitrogen and oxygen atoms in total. The Morgan fingerprint density at radius 3 is 2.30 bits per heavy atom. The van der Waals surface area contributed by atoms with E-state index in [1.165, 1.54) is 0 Å². The van der Waals surface area contributed by atoms with Gasteiger partial charge in [0, 0.05) is 0 Å². The number of hydrogen-bond acceptors (Lipinski definition) is 3. The quantitative estimate of drug-likeness (QED) is 0.516. The van der Waals surface area contributed by atoms with Crippen LogP contribution in [0.5, 0.6) is 0 Å². The minimum absolute atomic E-state index is 0.0171. The van der Waals surface area contributed by atoms with E-state index >= 15 is 0 Å². The first kappa shape index (κ1) is 10.3. The van der Waals surface area contributed by atoms with E-state index in [1.54, 1.807) is 0 Å². The van der Waals surface area contributed by atoms with E-state index < -0.39 is 9.84 Å². The second kappa shape index (κ2) is 5.02. The molecule has 0 heterocycles. The van der Waals surface area contributed by atoms with E-state index in [2.05, 4.69) is 12.6 Å². The van der Waals surface area contributed by atoms with Crippen LogP contribution in [0.4, 0.5) is 0 Å². The van der Waals surface area contributed by atoms with Crippen LogP contribution in [-0.4, -0.2) is 19.3 Å². The fourth-order valence-electron chi connectivity index (χ4n) is 0.637. The van der Waals surface area contributed by atoms with Gasteiger partial charge in [-0.05, 0) is 6.42 Å². The molecule has 0 unspecified atom stereocenters. The lowest BCUT2D eigenvalue weighted by Gasteiger charge is -1.97. The lowest BCUT2D eigenvalue weighted by molar-refractivity contribution is 0.596. The molecule has 0 bridgehead atoms. The van der Waals surface area contributed by atoms with Gasteiger partial charge in [0.25, 0.3) is 0 Å². The number of rotatable bonds is 5. The van der Waals surface area contributed by atoms with Crippen LogP contribution in [0, 0.1) is 0 Å². The molecule has 0 amide bonds. The average molecular weight is 182 g/mol. The molecule has 0 aliphatic carbocycles. The third-order valence-electron chi connectivity index (χ3n) is 1.26. The predicted molar refractivity (Wildman–Crippen MR) is 47.2 cm³/mol. The number of unbranched alkanes of at least 4 members (excludes halogenated alkanes) is 2. The molecule has 0 rings (SSSR count). The summed E-state index contributed by atoms with van der Waals surface area (Å²) in [7, 11) is -2.83. The first-order valence-electron chi connectivity index (χ1n) is 3.43. The maximum atomic E-state index is 10.8. The highest BCUT2D eigenvalue weighted by atomic mass is 32.2. The van der Waals surface area contributed by atoms with Gasteiger partial charge in [0.1, 0.15) is 0 Å². The Morgan fingerprint density at radius 1 is 1.30 bits per heavy atom. The summed E-state index contributed by atoms with van der Waals surface area (Å²) in [6.45, 7) is 2.05. The van der Waals surface area contributed by atoms with Gasteiger partial charge < -0.3 is 0 Å². The van der Waals surface area contributed by atoms with Gasteiger partial charge in [0.05, 0.1) is 10.8 Å². The van der Waals surface area contributed by atoms with Gasteiger partial charge in [-0.2, -0.15) is 12.6 Å². The van der Waals surface area contributed by atoms with E-state index in [0.717, 1.165) is 19.3 Å². The van der Waals surface area contributed by atoms with Gasteiger partial charge >= 0.3 is 0 Å². The van der Waals surface area contributed by atoms with Gasteiger partial charge in [-0.25, -0.2) is 8.42 Å². The zero-order valence-corrected chi connectivity index (χ0v) is 7.92. The minimum Gasteiger partial charge on any atom is -0.228 e. The molecule has 0 saturated carbocycles. The maximum absolute atomic E-state index is 10.8. The van der Waals surface area contributed by atoms with Crippen LogP contribution >= 0.6 is 12.6 Å². The van der Waals surface area contributed by atoms with Gasteiger partial charge in [-0.3, -0.25) is 0 Å². The highest BCUT2D eigenvalue weighted by molar-refractivity contribution is 8.03. The second-order valence-electron chi connectivity index (χ2n) is 2.28. The summed E-state index contributed by atoms with van der Waals surface area (Å²) in [5.41, 5.74) is 0. The lowest BCUT2D eigenvalue weighted by atomic mass is 10.3. The molecule has 0 aliphatic heterocycles. The number of thiol groups is 1. The van der Waals surface area contributed by atoms with Gasteiger partial charge in [-0.15, -0.1) is 0 Å².